The molecule has 3 rings (SSSR count). The van der Waals surface area contributed by atoms with Crippen LogP contribution in [-0.4, -0.2) is 16.1 Å². The van der Waals surface area contributed by atoms with Gasteiger partial charge in [-0.1, -0.05) is 42.6 Å². The minimum Gasteiger partial charge on any atom is -0.390 e. The molecule has 0 unspecified atom stereocenters. The van der Waals surface area contributed by atoms with Crippen molar-refractivity contribution >= 4 is 17.6 Å². The summed E-state index contributed by atoms with van der Waals surface area (Å²) in [6.07, 6.45) is 4.61. The summed E-state index contributed by atoms with van der Waals surface area (Å²) in [7, 11) is 0. The summed E-state index contributed by atoms with van der Waals surface area (Å²) >= 11 is 6.14. The third kappa shape index (κ3) is 4.96. The van der Waals surface area contributed by atoms with Gasteiger partial charge in [0.2, 0.25) is 0 Å². The Labute approximate surface area is 158 Å². The average Bonchev–Trinajstić information content (AvgIpc) is 3.19. The molecular weight excluding hydrogens is 350 g/mol. The Kier molecular flexibility index (Phi) is 6.47. The third-order valence-electron chi connectivity index (χ3n) is 4.82. The van der Waals surface area contributed by atoms with Gasteiger partial charge in [0, 0.05) is 5.02 Å². The zero-order chi connectivity index (χ0) is 18.4. The highest BCUT2D eigenvalue weighted by Crippen LogP contribution is 2.36. The number of aliphatic hydroxyl groups is 1. The molecule has 0 saturated heterocycles. The lowest BCUT2D eigenvalue weighted by Crippen LogP contribution is -2.40. The van der Waals surface area contributed by atoms with E-state index in [0.29, 0.717) is 28.9 Å². The van der Waals surface area contributed by atoms with Crippen LogP contribution in [0, 0.1) is 5.92 Å². The topological polar surface area (TPSA) is 74.2 Å². The van der Waals surface area contributed by atoms with Gasteiger partial charge < -0.3 is 15.7 Å². The molecule has 5 nitrogen and oxygen atoms in total. The molecule has 1 aromatic heterocycles. The SMILES string of the molecule is O=C(NCc1cccc(CO)n1)N[C@H](c1cccc(Cl)c1)C1CCCC1. The van der Waals surface area contributed by atoms with Gasteiger partial charge in [0.05, 0.1) is 30.6 Å². The van der Waals surface area contributed by atoms with Crippen molar-refractivity contribution < 1.29 is 9.90 Å². The lowest BCUT2D eigenvalue weighted by molar-refractivity contribution is 0.230. The van der Waals surface area contributed by atoms with Crippen LogP contribution in [0.2, 0.25) is 5.02 Å². The largest absolute Gasteiger partial charge is 0.390 e. The van der Waals surface area contributed by atoms with E-state index in [2.05, 4.69) is 15.6 Å². The quantitative estimate of drug-likeness (QED) is 0.717. The molecule has 1 saturated carbocycles. The number of urea groups is 1. The van der Waals surface area contributed by atoms with Gasteiger partial charge in [0.1, 0.15) is 0 Å². The number of pyridine rings is 1. The standard InChI is InChI=1S/C20H24ClN3O2/c21-16-8-3-7-15(11-16)19(14-5-1-2-6-14)24-20(26)22-12-17-9-4-10-18(13-25)23-17/h3-4,7-11,14,19,25H,1-2,5-6,12-13H2,(H2,22,24,26)/t19-/m0/s1. The minimum atomic E-state index is -0.224. The van der Waals surface area contributed by atoms with Crippen molar-refractivity contribution in [2.45, 2.75) is 44.9 Å². The Morgan fingerprint density at radius 1 is 1.19 bits per heavy atom. The Morgan fingerprint density at radius 3 is 2.65 bits per heavy atom. The van der Waals surface area contributed by atoms with Gasteiger partial charge in [0.15, 0.2) is 0 Å². The molecular formula is C20H24ClN3O2. The lowest BCUT2D eigenvalue weighted by Gasteiger charge is -2.25. The summed E-state index contributed by atoms with van der Waals surface area (Å²) in [6.45, 7) is 0.200. The highest BCUT2D eigenvalue weighted by molar-refractivity contribution is 6.30. The summed E-state index contributed by atoms with van der Waals surface area (Å²) in [5.74, 6) is 0.426. The molecule has 1 aromatic carbocycles. The van der Waals surface area contributed by atoms with Gasteiger partial charge >= 0.3 is 6.03 Å². The smallest absolute Gasteiger partial charge is 0.315 e. The molecule has 1 aliphatic carbocycles. The number of rotatable bonds is 6. The van der Waals surface area contributed by atoms with Crippen molar-refractivity contribution in [1.29, 1.82) is 0 Å². The van der Waals surface area contributed by atoms with Gasteiger partial charge in [-0.25, -0.2) is 4.79 Å². The maximum atomic E-state index is 12.5. The fourth-order valence-electron chi connectivity index (χ4n) is 3.54. The summed E-state index contributed by atoms with van der Waals surface area (Å²) in [6, 6.07) is 12.8. The summed E-state index contributed by atoms with van der Waals surface area (Å²) < 4.78 is 0. The number of carbonyl (C=O) groups is 1. The molecule has 2 aromatic rings. The van der Waals surface area contributed by atoms with Crippen LogP contribution in [0.25, 0.3) is 0 Å². The van der Waals surface area contributed by atoms with E-state index in [1.807, 2.05) is 36.4 Å². The van der Waals surface area contributed by atoms with Crippen LogP contribution in [0.1, 0.15) is 48.7 Å². The van der Waals surface area contributed by atoms with E-state index >= 15 is 0 Å². The number of nitrogens with one attached hydrogen (secondary N) is 2. The first-order valence-corrected chi connectivity index (χ1v) is 9.39. The van der Waals surface area contributed by atoms with E-state index in [1.54, 1.807) is 6.07 Å². The molecule has 0 aliphatic heterocycles. The highest BCUT2D eigenvalue weighted by Gasteiger charge is 2.27. The highest BCUT2D eigenvalue weighted by atomic mass is 35.5. The molecule has 1 fully saturated rings. The molecule has 2 amide bonds. The number of benzene rings is 1. The van der Waals surface area contributed by atoms with E-state index in [9.17, 15) is 4.79 Å². The number of amides is 2. The van der Waals surface area contributed by atoms with Gasteiger partial charge in [-0.2, -0.15) is 0 Å². The van der Waals surface area contributed by atoms with Crippen molar-refractivity contribution in [3.8, 4) is 0 Å². The van der Waals surface area contributed by atoms with Crippen LogP contribution in [-0.2, 0) is 13.2 Å². The van der Waals surface area contributed by atoms with Gasteiger partial charge in [0.25, 0.3) is 0 Å². The monoisotopic (exact) mass is 373 g/mol. The summed E-state index contributed by atoms with van der Waals surface area (Å²) in [4.78, 5) is 16.7. The normalized spacial score (nSPS) is 15.6. The van der Waals surface area contributed by atoms with E-state index in [4.69, 9.17) is 16.7 Å². The summed E-state index contributed by atoms with van der Waals surface area (Å²) in [5, 5.41) is 15.8. The Bertz CT molecular complexity index is 747. The third-order valence-corrected chi connectivity index (χ3v) is 5.06. The lowest BCUT2D eigenvalue weighted by atomic mass is 9.92. The van der Waals surface area contributed by atoms with E-state index in [0.717, 1.165) is 18.4 Å². The van der Waals surface area contributed by atoms with Crippen LogP contribution >= 0.6 is 11.6 Å². The molecule has 1 atom stereocenters. The van der Waals surface area contributed by atoms with Crippen LogP contribution in [0.5, 0.6) is 0 Å². The van der Waals surface area contributed by atoms with E-state index < -0.39 is 0 Å². The number of hydrogen-bond acceptors (Lipinski definition) is 3. The Hall–Kier alpha value is -2.11. The predicted molar refractivity (Wildman–Crippen MR) is 102 cm³/mol. The maximum Gasteiger partial charge on any atom is 0.315 e. The minimum absolute atomic E-state index is 0.0482. The second-order valence-corrected chi connectivity index (χ2v) is 7.12. The number of aromatic nitrogens is 1. The maximum absolute atomic E-state index is 12.5. The van der Waals surface area contributed by atoms with Crippen LogP contribution in [0.15, 0.2) is 42.5 Å². The molecule has 0 bridgehead atoms. The van der Waals surface area contributed by atoms with Crippen LogP contribution < -0.4 is 10.6 Å². The fourth-order valence-corrected chi connectivity index (χ4v) is 3.74. The zero-order valence-electron chi connectivity index (χ0n) is 14.6. The molecule has 1 heterocycles. The second kappa shape index (κ2) is 9.01. The number of nitrogens with zero attached hydrogens (tertiary/aromatic N) is 1. The van der Waals surface area contributed by atoms with E-state index in [-0.39, 0.29) is 18.7 Å². The Balaban J connectivity index is 1.65. The molecule has 0 spiro atoms. The zero-order valence-corrected chi connectivity index (χ0v) is 15.4. The first kappa shape index (κ1) is 18.7. The van der Waals surface area contributed by atoms with E-state index in [1.165, 1.54) is 12.8 Å². The first-order chi connectivity index (χ1) is 12.7. The molecule has 3 N–H and O–H groups in total. The molecule has 26 heavy (non-hydrogen) atoms. The van der Waals surface area contributed by atoms with Gasteiger partial charge in [-0.15, -0.1) is 0 Å². The average molecular weight is 374 g/mol. The van der Waals surface area contributed by atoms with Crippen molar-refractivity contribution in [1.82, 2.24) is 15.6 Å². The van der Waals surface area contributed by atoms with Crippen molar-refractivity contribution in [2.75, 3.05) is 0 Å². The predicted octanol–water partition coefficient (Wildman–Crippen LogP) is 3.96. The van der Waals surface area contributed by atoms with Gasteiger partial charge in [-0.05, 0) is 48.6 Å². The van der Waals surface area contributed by atoms with Crippen molar-refractivity contribution in [3.05, 3.63) is 64.4 Å². The van der Waals surface area contributed by atoms with Crippen LogP contribution in [0.3, 0.4) is 0 Å². The number of halogens is 1. The Morgan fingerprint density at radius 2 is 1.92 bits per heavy atom. The molecule has 1 aliphatic rings. The fraction of sp³-hybridized carbons (Fsp3) is 0.400. The van der Waals surface area contributed by atoms with Crippen LogP contribution in [0.4, 0.5) is 4.79 Å². The first-order valence-electron chi connectivity index (χ1n) is 9.01. The number of hydrogen-bond donors (Lipinski definition) is 3. The second-order valence-electron chi connectivity index (χ2n) is 6.68. The molecule has 0 radical (unpaired) electrons. The molecule has 6 heteroatoms. The number of aliphatic hydroxyl groups excluding tert-OH is 1. The van der Waals surface area contributed by atoms with Crippen molar-refractivity contribution in [3.63, 3.8) is 0 Å². The van der Waals surface area contributed by atoms with Crippen molar-refractivity contribution in [2.24, 2.45) is 5.92 Å². The molecule has 138 valence electrons. The summed E-state index contributed by atoms with van der Waals surface area (Å²) in [5.41, 5.74) is 2.35. The number of carbonyl (C=O) groups excluding carboxylic acids is 1. The van der Waals surface area contributed by atoms with Gasteiger partial charge in [-0.3, -0.25) is 4.98 Å².